The van der Waals surface area contributed by atoms with Crippen LogP contribution in [-0.4, -0.2) is 12.0 Å². The Kier molecular flexibility index (Phi) is 5.94. The van der Waals surface area contributed by atoms with Crippen LogP contribution in [0.2, 0.25) is 0 Å². The summed E-state index contributed by atoms with van der Waals surface area (Å²) in [5, 5.41) is 0.959. The van der Waals surface area contributed by atoms with E-state index >= 15 is 0 Å². The molecule has 0 spiro atoms. The fraction of sp³-hybridized carbons (Fsp3) is 0.226. The quantitative estimate of drug-likeness (QED) is 0.245. The minimum Gasteiger partial charge on any atom is -0.344 e. The van der Waals surface area contributed by atoms with Gasteiger partial charge >= 0.3 is 0 Å². The number of fused-ring (bicyclic) bond motifs is 2. The number of hydrogen-bond donors (Lipinski definition) is 0. The molecule has 1 aliphatic heterocycles. The Bertz CT molecular complexity index is 1600. The first-order chi connectivity index (χ1) is 16.7. The van der Waals surface area contributed by atoms with Crippen molar-refractivity contribution in [3.8, 4) is 10.6 Å². The highest BCUT2D eigenvalue weighted by Crippen LogP contribution is 2.36. The molecule has 0 aromatic heterocycles. The van der Waals surface area contributed by atoms with Crippen molar-refractivity contribution < 1.29 is 0 Å². The molecule has 1 aliphatic carbocycles. The number of benzene rings is 4. The van der Waals surface area contributed by atoms with E-state index in [9.17, 15) is 0 Å². The van der Waals surface area contributed by atoms with E-state index in [2.05, 4.69) is 114 Å². The zero-order chi connectivity index (χ0) is 24.9. The molecule has 0 saturated heterocycles. The minimum atomic E-state index is 0.959. The third-order valence-electron chi connectivity index (χ3n) is 6.77. The van der Waals surface area contributed by atoms with Crippen LogP contribution in [0.4, 0.5) is 17.1 Å². The van der Waals surface area contributed by atoms with Gasteiger partial charge in [0.15, 0.2) is 0 Å². The van der Waals surface area contributed by atoms with E-state index in [0.29, 0.717) is 0 Å². The molecule has 1 heterocycles. The average Bonchev–Trinajstić information content (AvgIpc) is 2.80. The molecule has 0 unspecified atom stereocenters. The molecule has 35 heavy (non-hydrogen) atoms. The molecule has 3 aromatic carbocycles. The maximum absolute atomic E-state index is 4.96. The van der Waals surface area contributed by atoms with Gasteiger partial charge in [-0.2, -0.15) is 0 Å². The summed E-state index contributed by atoms with van der Waals surface area (Å²) in [5.41, 5.74) is 13.1. The summed E-state index contributed by atoms with van der Waals surface area (Å²) in [6, 6.07) is 21.7. The lowest BCUT2D eigenvalue weighted by Crippen LogP contribution is -2.12. The van der Waals surface area contributed by atoms with Crippen molar-refractivity contribution in [1.29, 1.82) is 0 Å². The predicted octanol–water partition coefficient (Wildman–Crippen LogP) is 8.25. The van der Waals surface area contributed by atoms with Gasteiger partial charge in [0.1, 0.15) is 0 Å². The van der Waals surface area contributed by atoms with Crippen LogP contribution in [-0.2, 0) is 0 Å². The monoisotopic (exact) mass is 477 g/mol. The minimum absolute atomic E-state index is 0.959. The molecule has 2 aliphatic rings. The molecular weight excluding hydrogens is 446 g/mol. The zero-order valence-corrected chi connectivity index (χ0v) is 22.3. The molecule has 0 fully saturated rings. The second kappa shape index (κ2) is 8.94. The highest BCUT2D eigenvalue weighted by molar-refractivity contribution is 7.21. The summed E-state index contributed by atoms with van der Waals surface area (Å²) in [4.78, 5) is 13.3. The molecule has 0 saturated carbocycles. The van der Waals surface area contributed by atoms with E-state index in [1.807, 2.05) is 0 Å². The van der Waals surface area contributed by atoms with Crippen LogP contribution in [0.1, 0.15) is 33.4 Å². The molecular formula is C31H31N3S. The van der Waals surface area contributed by atoms with Crippen molar-refractivity contribution in [3.63, 3.8) is 0 Å². The third kappa shape index (κ3) is 4.46. The van der Waals surface area contributed by atoms with Gasteiger partial charge in [-0.15, -0.1) is 11.3 Å². The van der Waals surface area contributed by atoms with Crippen molar-refractivity contribution >= 4 is 38.6 Å². The maximum atomic E-state index is 4.96. The number of aromatic nitrogens is 1. The molecule has 5 rings (SSSR count). The van der Waals surface area contributed by atoms with E-state index < -0.39 is 0 Å². The molecule has 0 N–H and O–H groups in total. The van der Waals surface area contributed by atoms with Gasteiger partial charge in [0.05, 0.1) is 31.8 Å². The highest BCUT2D eigenvalue weighted by Gasteiger charge is 2.13. The van der Waals surface area contributed by atoms with Crippen molar-refractivity contribution in [3.05, 3.63) is 99.4 Å². The number of hydrogen-bond acceptors (Lipinski definition) is 4. The Balaban J connectivity index is 1.59. The molecule has 176 valence electrons. The normalized spacial score (nSPS) is 12.0. The topological polar surface area (TPSA) is 28.5 Å². The molecule has 0 radical (unpaired) electrons. The Hall–Kier alpha value is -3.50. The van der Waals surface area contributed by atoms with Crippen LogP contribution in [0.15, 0.2) is 65.7 Å². The Morgan fingerprint density at radius 1 is 0.714 bits per heavy atom. The third-order valence-corrected chi connectivity index (χ3v) is 7.86. The first-order valence-electron chi connectivity index (χ1n) is 12.0. The summed E-state index contributed by atoms with van der Waals surface area (Å²) >= 11 is 1.77. The van der Waals surface area contributed by atoms with Gasteiger partial charge in [0, 0.05) is 18.4 Å². The zero-order valence-electron chi connectivity index (χ0n) is 21.5. The average molecular weight is 478 g/mol. The van der Waals surface area contributed by atoms with Crippen molar-refractivity contribution in [2.75, 3.05) is 11.9 Å². The van der Waals surface area contributed by atoms with E-state index in [1.165, 1.54) is 43.8 Å². The molecule has 0 bridgehead atoms. The second-order valence-corrected chi connectivity index (χ2v) is 10.7. The van der Waals surface area contributed by atoms with Crippen molar-refractivity contribution in [2.24, 2.45) is 4.99 Å². The lowest BCUT2D eigenvalue weighted by atomic mass is 10.0. The van der Waals surface area contributed by atoms with E-state index in [4.69, 9.17) is 9.98 Å². The number of anilines is 2. The van der Waals surface area contributed by atoms with Crippen LogP contribution >= 0.6 is 11.3 Å². The summed E-state index contributed by atoms with van der Waals surface area (Å²) in [5.74, 6) is 0. The maximum Gasteiger partial charge on any atom is 0.0811 e. The Labute approximate surface area is 211 Å². The van der Waals surface area contributed by atoms with E-state index in [-0.39, 0.29) is 0 Å². The largest absolute Gasteiger partial charge is 0.344 e. The molecule has 0 amide bonds. The van der Waals surface area contributed by atoms with E-state index in [0.717, 1.165) is 32.8 Å². The lowest BCUT2D eigenvalue weighted by Gasteiger charge is -2.24. The number of rotatable bonds is 3. The van der Waals surface area contributed by atoms with Gasteiger partial charge in [-0.1, -0.05) is 23.8 Å². The second-order valence-electron chi connectivity index (χ2n) is 9.66. The van der Waals surface area contributed by atoms with Crippen LogP contribution in [0, 0.1) is 41.5 Å². The Morgan fingerprint density at radius 2 is 1.43 bits per heavy atom. The van der Waals surface area contributed by atoms with Crippen LogP contribution in [0.3, 0.4) is 0 Å². The van der Waals surface area contributed by atoms with Crippen LogP contribution in [0.5, 0.6) is 0 Å². The van der Waals surface area contributed by atoms with Gasteiger partial charge in [-0.05, 0) is 112 Å². The SMILES string of the molecule is Cc1cc(C)c(N(C)c2ccc3nc4ccc(=Nc5cc(C)c(C)cc5C)cc-4sc3c2)c(C)c1. The summed E-state index contributed by atoms with van der Waals surface area (Å²) in [6.07, 6.45) is 0. The standard InChI is InChI=1S/C31H31N3S/c1-18-12-22(5)31(23(6)13-18)34(7)25-9-11-27-30(17-25)35-29-16-24(8-10-26(29)33-27)32-28-15-20(3)19(2)14-21(28)4/h8-17H,1-7H3. The first kappa shape index (κ1) is 23.3. The summed E-state index contributed by atoms with van der Waals surface area (Å²) < 4.78 is 1.17. The van der Waals surface area contributed by atoms with Crippen LogP contribution < -0.4 is 10.3 Å². The smallest absolute Gasteiger partial charge is 0.0811 e. The highest BCUT2D eigenvalue weighted by atomic mass is 32.1. The fourth-order valence-corrected chi connectivity index (χ4v) is 5.95. The first-order valence-corrected chi connectivity index (χ1v) is 12.8. The molecule has 3 nitrogen and oxygen atoms in total. The van der Waals surface area contributed by atoms with Gasteiger partial charge in [0.25, 0.3) is 0 Å². The van der Waals surface area contributed by atoms with Crippen molar-refractivity contribution in [1.82, 2.24) is 4.98 Å². The molecule has 3 aromatic rings. The fourth-order valence-electron chi connectivity index (χ4n) is 4.92. The van der Waals surface area contributed by atoms with Gasteiger partial charge < -0.3 is 4.90 Å². The van der Waals surface area contributed by atoms with E-state index in [1.54, 1.807) is 11.3 Å². The van der Waals surface area contributed by atoms with Gasteiger partial charge in [-0.3, -0.25) is 0 Å². The van der Waals surface area contributed by atoms with Gasteiger partial charge in [-0.25, -0.2) is 9.98 Å². The molecule has 4 heteroatoms. The Morgan fingerprint density at radius 3 is 2.17 bits per heavy atom. The van der Waals surface area contributed by atoms with Crippen molar-refractivity contribution in [2.45, 2.75) is 41.5 Å². The lowest BCUT2D eigenvalue weighted by molar-refractivity contribution is 1.15. The predicted molar refractivity (Wildman–Crippen MR) is 151 cm³/mol. The van der Waals surface area contributed by atoms with Crippen LogP contribution in [0.25, 0.3) is 20.8 Å². The summed E-state index contributed by atoms with van der Waals surface area (Å²) in [6.45, 7) is 12.9. The molecule has 0 atom stereocenters. The van der Waals surface area contributed by atoms with Gasteiger partial charge in [0.2, 0.25) is 0 Å². The summed E-state index contributed by atoms with van der Waals surface area (Å²) in [7, 11) is 2.15. The number of aryl methyl sites for hydroxylation is 6. The number of nitrogens with zero attached hydrogens (tertiary/aromatic N) is 3.